The number of allylic oxidation sites excluding steroid dienone is 19. The molecule has 12 atom stereocenters. The first-order valence-electron chi connectivity index (χ1n) is 42.8. The lowest BCUT2D eigenvalue weighted by Crippen LogP contribution is -2.65. The van der Waals surface area contributed by atoms with Crippen molar-refractivity contribution in [2.45, 2.75) is 421 Å². The number of carbonyl (C=O) groups excluding carboxylic acids is 1. The molecule has 0 aliphatic carbocycles. The Morgan fingerprint density at radius 3 is 1.06 bits per heavy atom. The van der Waals surface area contributed by atoms with E-state index in [1.165, 1.54) is 225 Å². The van der Waals surface area contributed by atoms with Crippen molar-refractivity contribution in [2.24, 2.45) is 0 Å². The molecule has 14 nitrogen and oxygen atoms in total. The van der Waals surface area contributed by atoms with Crippen LogP contribution in [-0.4, -0.2) is 140 Å². The second kappa shape index (κ2) is 72.3. The van der Waals surface area contributed by atoms with E-state index in [4.69, 9.17) is 18.9 Å². The van der Waals surface area contributed by atoms with Gasteiger partial charge in [0.25, 0.3) is 0 Å². The highest BCUT2D eigenvalue weighted by atomic mass is 16.7. The number of nitrogens with one attached hydrogen (secondary N) is 1. The van der Waals surface area contributed by atoms with Gasteiger partial charge in [0.1, 0.15) is 48.8 Å². The van der Waals surface area contributed by atoms with Gasteiger partial charge >= 0.3 is 0 Å². The summed E-state index contributed by atoms with van der Waals surface area (Å²) in [7, 11) is 0. The highest BCUT2D eigenvalue weighted by molar-refractivity contribution is 5.76. The molecular formula is C90H157NO13. The van der Waals surface area contributed by atoms with Gasteiger partial charge in [-0.2, -0.15) is 0 Å². The second-order valence-corrected chi connectivity index (χ2v) is 29.6. The van der Waals surface area contributed by atoms with Crippen LogP contribution in [0.3, 0.4) is 0 Å². The lowest BCUT2D eigenvalue weighted by molar-refractivity contribution is -0.359. The maximum atomic E-state index is 13.4. The van der Waals surface area contributed by atoms with Crippen LogP contribution < -0.4 is 5.32 Å². The van der Waals surface area contributed by atoms with Crippen LogP contribution in [0.5, 0.6) is 0 Å². The Morgan fingerprint density at radius 1 is 0.356 bits per heavy atom. The predicted octanol–water partition coefficient (Wildman–Crippen LogP) is 20.4. The fourth-order valence-corrected chi connectivity index (χ4v) is 13.4. The molecule has 2 fully saturated rings. The summed E-state index contributed by atoms with van der Waals surface area (Å²) in [4.78, 5) is 13.4. The monoisotopic (exact) mass is 1460 g/mol. The second-order valence-electron chi connectivity index (χ2n) is 29.6. The molecule has 1 amide bonds. The van der Waals surface area contributed by atoms with Crippen molar-refractivity contribution in [3.63, 3.8) is 0 Å². The lowest BCUT2D eigenvalue weighted by atomic mass is 9.97. The van der Waals surface area contributed by atoms with Gasteiger partial charge < -0.3 is 65.1 Å². The highest BCUT2D eigenvalue weighted by Crippen LogP contribution is 2.30. The van der Waals surface area contributed by atoms with Crippen LogP contribution in [0, 0.1) is 0 Å². The number of amides is 1. The molecule has 0 aromatic rings. The molecule has 2 aliphatic rings. The molecule has 600 valence electrons. The molecule has 2 saturated heterocycles. The number of carbonyl (C=O) groups is 1. The zero-order chi connectivity index (χ0) is 75.1. The van der Waals surface area contributed by atoms with Gasteiger partial charge in [-0.05, 0) is 103 Å². The number of aliphatic hydroxyl groups is 8. The van der Waals surface area contributed by atoms with Crippen LogP contribution in [0.25, 0.3) is 0 Å². The van der Waals surface area contributed by atoms with Crippen LogP contribution in [0.2, 0.25) is 0 Å². The van der Waals surface area contributed by atoms with Crippen molar-refractivity contribution >= 4 is 5.91 Å². The maximum absolute atomic E-state index is 13.4. The minimum atomic E-state index is -1.80. The van der Waals surface area contributed by atoms with Crippen LogP contribution in [0.4, 0.5) is 0 Å². The van der Waals surface area contributed by atoms with Gasteiger partial charge in [-0.1, -0.05) is 360 Å². The van der Waals surface area contributed by atoms with Gasteiger partial charge in [0, 0.05) is 6.42 Å². The van der Waals surface area contributed by atoms with Crippen molar-refractivity contribution in [3.05, 3.63) is 122 Å². The smallest absolute Gasteiger partial charge is 0.220 e. The Bertz CT molecular complexity index is 2220. The first kappa shape index (κ1) is 96.5. The largest absolute Gasteiger partial charge is 0.394 e. The first-order chi connectivity index (χ1) is 51.1. The van der Waals surface area contributed by atoms with E-state index in [1.807, 2.05) is 6.08 Å². The fourth-order valence-electron chi connectivity index (χ4n) is 13.4. The Hall–Kier alpha value is -3.61. The molecule has 0 spiro atoms. The summed E-state index contributed by atoms with van der Waals surface area (Å²) in [5, 5.41) is 87.8. The molecular weight excluding hydrogens is 1300 g/mol. The summed E-state index contributed by atoms with van der Waals surface area (Å²) in [6.45, 7) is 2.70. The van der Waals surface area contributed by atoms with E-state index in [9.17, 15) is 45.6 Å². The number of aliphatic hydroxyl groups excluding tert-OH is 8. The number of ether oxygens (including phenoxy) is 4. The maximum Gasteiger partial charge on any atom is 0.220 e. The molecule has 9 N–H and O–H groups in total. The quantitative estimate of drug-likeness (QED) is 0.0204. The fraction of sp³-hybridized carbons (Fsp3) is 0.767. The standard InChI is InChI=1S/C90H157NO13/c1-3-5-7-9-11-13-15-17-19-21-23-25-27-29-31-33-35-36-37-38-39-40-41-42-44-46-48-50-52-54-56-58-60-62-64-66-68-70-72-74-82(95)91-78(77-101-89-87(100)85(98)88(81(76-93)103-89)104-90-86(99)84(97)83(96)80(75-92)102-90)79(94)73-71-69-67-65-63-61-59-57-55-53-51-49-47-45-43-34-32-30-28-26-24-22-20-18-16-14-12-10-8-6-4-2/h5,7,11,13,17,19,23,25,29,31,35-36,38-39,55,57,63,65,71,73,78-81,83-90,92-94,96-100H,3-4,6,8-10,12,14-16,18,20-22,24,26-28,30,32-34,37,40-54,56,58-62,64,66-70,72,74-77H2,1-2H3,(H,91,95)/b7-5-,13-11-,19-17-,25-23-,31-29-,36-35-,39-38-,57-55+,65-63+,73-71+. The molecule has 0 aromatic carbocycles. The molecule has 12 unspecified atom stereocenters. The average Bonchev–Trinajstić information content (AvgIpc) is 0.791. The normalized spacial score (nSPS) is 22.1. The third-order valence-electron chi connectivity index (χ3n) is 20.1. The van der Waals surface area contributed by atoms with Gasteiger partial charge in [0.15, 0.2) is 12.6 Å². The van der Waals surface area contributed by atoms with Crippen molar-refractivity contribution in [2.75, 3.05) is 19.8 Å². The van der Waals surface area contributed by atoms with E-state index in [-0.39, 0.29) is 18.9 Å². The van der Waals surface area contributed by atoms with Crippen LogP contribution in [0.15, 0.2) is 122 Å². The van der Waals surface area contributed by atoms with E-state index < -0.39 is 86.8 Å². The number of hydrogen-bond acceptors (Lipinski definition) is 13. The molecule has 0 aromatic heterocycles. The van der Waals surface area contributed by atoms with E-state index in [0.29, 0.717) is 12.8 Å². The Labute approximate surface area is 635 Å². The first-order valence-corrected chi connectivity index (χ1v) is 42.8. The van der Waals surface area contributed by atoms with E-state index in [0.717, 1.165) is 89.9 Å². The topological polar surface area (TPSA) is 228 Å². The summed E-state index contributed by atoms with van der Waals surface area (Å²) >= 11 is 0. The highest BCUT2D eigenvalue weighted by Gasteiger charge is 2.51. The SMILES string of the molecule is CC/C=C\C/C=C\C/C=C\C/C=C\C/C=C\C/C=C\C/C=C\CCCCCCCCCCCCCCCCCCCC(=O)NC(COC1OC(CO)C(OC2OC(CO)C(O)C(O)C2O)C(O)C1O)C(O)/C=C/CC/C=C/CC/C=C/CCCCCCCCCCCCCCCCCCCCCCC. The Balaban J connectivity index is 1.61. The number of unbranched alkanes of at least 4 members (excludes halogenated alkanes) is 40. The van der Waals surface area contributed by atoms with Gasteiger partial charge in [-0.3, -0.25) is 4.79 Å². The number of rotatable bonds is 71. The van der Waals surface area contributed by atoms with E-state index in [1.54, 1.807) is 6.08 Å². The molecule has 0 saturated carbocycles. The van der Waals surface area contributed by atoms with Gasteiger partial charge in [-0.25, -0.2) is 0 Å². The molecule has 14 heteroatoms. The minimum Gasteiger partial charge on any atom is -0.394 e. The predicted molar refractivity (Wildman–Crippen MR) is 433 cm³/mol. The summed E-state index contributed by atoms with van der Waals surface area (Å²) in [6.07, 6.45) is 90.1. The lowest BCUT2D eigenvalue weighted by Gasteiger charge is -2.46. The minimum absolute atomic E-state index is 0.252. The molecule has 0 bridgehead atoms. The summed E-state index contributed by atoms with van der Waals surface area (Å²) in [5.74, 6) is -0.252. The van der Waals surface area contributed by atoms with E-state index in [2.05, 4.69) is 129 Å². The molecule has 104 heavy (non-hydrogen) atoms. The van der Waals surface area contributed by atoms with Crippen LogP contribution >= 0.6 is 0 Å². The molecule has 2 heterocycles. The zero-order valence-electron chi connectivity index (χ0n) is 66.0. The van der Waals surface area contributed by atoms with Crippen molar-refractivity contribution in [1.82, 2.24) is 5.32 Å². The van der Waals surface area contributed by atoms with Crippen molar-refractivity contribution < 1.29 is 64.6 Å². The Morgan fingerprint density at radius 2 is 0.673 bits per heavy atom. The third-order valence-corrected chi connectivity index (χ3v) is 20.1. The number of hydrogen-bond donors (Lipinski definition) is 9. The van der Waals surface area contributed by atoms with Gasteiger partial charge in [0.05, 0.1) is 32.0 Å². The molecule has 2 aliphatic heterocycles. The van der Waals surface area contributed by atoms with Crippen molar-refractivity contribution in [1.29, 1.82) is 0 Å². The Kier molecular flexibility index (Phi) is 67.0. The molecule has 2 rings (SSSR count). The van der Waals surface area contributed by atoms with Gasteiger partial charge in [0.2, 0.25) is 5.91 Å². The summed E-state index contributed by atoms with van der Waals surface area (Å²) in [5.41, 5.74) is 0. The summed E-state index contributed by atoms with van der Waals surface area (Å²) < 4.78 is 22.9. The third kappa shape index (κ3) is 54.1. The zero-order valence-corrected chi connectivity index (χ0v) is 66.0. The van der Waals surface area contributed by atoms with Crippen LogP contribution in [-0.2, 0) is 23.7 Å². The van der Waals surface area contributed by atoms with Crippen LogP contribution in [0.1, 0.15) is 348 Å². The van der Waals surface area contributed by atoms with Gasteiger partial charge in [-0.15, -0.1) is 0 Å². The van der Waals surface area contributed by atoms with E-state index >= 15 is 0 Å². The molecule has 0 radical (unpaired) electrons. The summed E-state index contributed by atoms with van der Waals surface area (Å²) in [6, 6.07) is -0.946. The van der Waals surface area contributed by atoms with Crippen molar-refractivity contribution in [3.8, 4) is 0 Å². The average molecular weight is 1460 g/mol.